The Hall–Kier alpha value is 0.0400. The summed E-state index contributed by atoms with van der Waals surface area (Å²) in [5.41, 5.74) is -2.32. The van der Waals surface area contributed by atoms with Crippen LogP contribution < -0.4 is 129 Å². The number of aromatic hydroxyl groups is 2. The zero-order chi connectivity index (χ0) is 41.3. The topological polar surface area (TPSA) is 374 Å². The van der Waals surface area contributed by atoms with Gasteiger partial charge < -0.3 is 29.8 Å². The fourth-order valence-electron chi connectivity index (χ4n) is 4.36. The van der Waals surface area contributed by atoms with E-state index < -0.39 is 114 Å². The predicted molar refractivity (Wildman–Crippen MR) is 180 cm³/mol. The number of hydrogen-bond donors (Lipinski definition) is 2. The van der Waals surface area contributed by atoms with Crippen molar-refractivity contribution in [3.63, 3.8) is 0 Å². The summed E-state index contributed by atoms with van der Waals surface area (Å²) in [5, 5.41) is 60.7. The maximum Gasteiger partial charge on any atom is 1.00 e. The van der Waals surface area contributed by atoms with Crippen molar-refractivity contribution in [2.24, 2.45) is 20.5 Å². The van der Waals surface area contributed by atoms with E-state index in [4.69, 9.17) is 4.18 Å². The van der Waals surface area contributed by atoms with Crippen LogP contribution in [0, 0.1) is 0 Å². The van der Waals surface area contributed by atoms with E-state index in [1.807, 2.05) is 0 Å². The first-order valence-electron chi connectivity index (χ1n) is 14.3. The molecule has 4 aromatic carbocycles. The van der Waals surface area contributed by atoms with Gasteiger partial charge in [0.25, 0.3) is 0 Å². The van der Waals surface area contributed by atoms with E-state index in [0.29, 0.717) is 12.1 Å². The van der Waals surface area contributed by atoms with Crippen LogP contribution in [0.2, 0.25) is 0 Å². The molecule has 0 aliphatic rings. The fraction of sp³-hybridized carbons (Fsp3) is 0.154. The molecule has 0 heterocycles. The first-order valence-corrected chi connectivity index (χ1v) is 21.7. The molecular weight excluding hydrogens is 973 g/mol. The number of phenols is 2. The summed E-state index contributed by atoms with van der Waals surface area (Å²) in [6, 6.07) is 9.03. The van der Waals surface area contributed by atoms with E-state index in [2.05, 4.69) is 43.4 Å². The number of benzene rings is 4. The van der Waals surface area contributed by atoms with Crippen molar-refractivity contribution in [3.05, 3.63) is 60.7 Å². The Labute approximate surface area is 437 Å². The summed E-state index contributed by atoms with van der Waals surface area (Å²) >= 11 is 0.116. The van der Waals surface area contributed by atoms with E-state index in [1.165, 1.54) is 6.07 Å². The molecule has 304 valence electrons. The number of fused-ring (bicyclic) bond motifs is 1. The van der Waals surface area contributed by atoms with Crippen molar-refractivity contribution >= 4 is 98.1 Å². The fourth-order valence-corrected chi connectivity index (χ4v) is 8.76. The van der Waals surface area contributed by atoms with Gasteiger partial charge in [0.1, 0.15) is 54.5 Å². The van der Waals surface area contributed by atoms with Crippen molar-refractivity contribution < 1.29 is 209 Å². The Morgan fingerprint density at radius 3 is 1.48 bits per heavy atom. The van der Waals surface area contributed by atoms with E-state index in [-0.39, 0.29) is 159 Å². The maximum absolute atomic E-state index is 12.7. The summed E-state index contributed by atoms with van der Waals surface area (Å²) in [6.07, 6.45) is 0. The Balaban J connectivity index is 0.00000870. The van der Waals surface area contributed by atoms with E-state index >= 15 is 0 Å². The molecule has 0 amide bonds. The minimum absolute atomic E-state index is 0. The first kappa shape index (κ1) is 60.0. The van der Waals surface area contributed by atoms with Crippen LogP contribution >= 0.6 is 24.6 Å². The minimum atomic E-state index is -5.40. The van der Waals surface area contributed by atoms with Gasteiger partial charge in [-0.05, 0) is 41.8 Å². The summed E-state index contributed by atoms with van der Waals surface area (Å²) in [5.74, 6) is -2.92. The molecule has 0 aliphatic carbocycles. The number of azo groups is 2. The quantitative estimate of drug-likeness (QED) is 0.0158. The molecule has 0 saturated carbocycles. The minimum Gasteiger partial charge on any atom is -0.744 e. The number of rotatable bonds is 20. The molecule has 4 rings (SSSR count). The monoisotopic (exact) mass is 992 g/mol. The van der Waals surface area contributed by atoms with Gasteiger partial charge >= 0.3 is 118 Å². The molecule has 24 nitrogen and oxygen atoms in total. The summed E-state index contributed by atoms with van der Waals surface area (Å²) in [6.45, 7) is -1.00. The van der Waals surface area contributed by atoms with Crippen LogP contribution in [0.25, 0.3) is 10.8 Å². The van der Waals surface area contributed by atoms with Crippen LogP contribution in [0.15, 0.2) is 101 Å². The van der Waals surface area contributed by atoms with E-state index in [1.54, 1.807) is 0 Å². The van der Waals surface area contributed by atoms with Crippen LogP contribution in [0.5, 0.6) is 11.5 Å². The summed E-state index contributed by atoms with van der Waals surface area (Å²) in [4.78, 5) is -3.00. The molecule has 0 bridgehead atoms. The third-order valence-electron chi connectivity index (χ3n) is 6.77. The third-order valence-corrected chi connectivity index (χ3v) is 12.7. The van der Waals surface area contributed by atoms with Crippen molar-refractivity contribution in [1.29, 1.82) is 0 Å². The molecule has 0 fully saturated rings. The molecule has 60 heavy (non-hydrogen) atoms. The van der Waals surface area contributed by atoms with Crippen LogP contribution in [0.4, 0.5) is 22.7 Å². The maximum atomic E-state index is 12.7. The molecule has 0 spiro atoms. The Morgan fingerprint density at radius 1 is 0.550 bits per heavy atom. The smallest absolute Gasteiger partial charge is 0.744 e. The van der Waals surface area contributed by atoms with E-state index in [0.717, 1.165) is 42.5 Å². The Bertz CT molecular complexity index is 2610. The zero-order valence-electron chi connectivity index (χ0n) is 31.1. The Morgan fingerprint density at radius 2 is 1.00 bits per heavy atom. The van der Waals surface area contributed by atoms with Gasteiger partial charge in [-0.15, -0.1) is 29.1 Å². The van der Waals surface area contributed by atoms with Crippen LogP contribution in [0.1, 0.15) is 0 Å². The van der Waals surface area contributed by atoms with Gasteiger partial charge in [0, 0.05) is 17.5 Å². The molecular formula is C26H20N4Na4O20S6. The van der Waals surface area contributed by atoms with Crippen LogP contribution in [-0.2, 0) is 67.0 Å². The Kier molecular flexibility index (Phi) is 26.9. The van der Waals surface area contributed by atoms with Gasteiger partial charge in [0.05, 0.1) is 44.3 Å². The summed E-state index contributed by atoms with van der Waals surface area (Å²) in [7, 11) is -19.1. The second-order valence-electron chi connectivity index (χ2n) is 10.3. The van der Waals surface area contributed by atoms with E-state index in [9.17, 15) is 63.5 Å². The van der Waals surface area contributed by atoms with Crippen molar-refractivity contribution in [1.82, 2.24) is 0 Å². The molecule has 0 aromatic heterocycles. The van der Waals surface area contributed by atoms with Crippen molar-refractivity contribution in [3.8, 4) is 11.5 Å². The molecule has 34 heteroatoms. The third kappa shape index (κ3) is 17.1. The van der Waals surface area contributed by atoms with Gasteiger partial charge in [0.2, 0.25) is 0 Å². The molecule has 0 atom stereocenters. The van der Waals surface area contributed by atoms with Crippen LogP contribution in [0.3, 0.4) is 0 Å². The number of hydrogen-bond acceptors (Lipinski definition) is 26. The molecule has 0 saturated heterocycles. The molecule has 4 aromatic rings. The average molecular weight is 993 g/mol. The van der Waals surface area contributed by atoms with Crippen molar-refractivity contribution in [2.45, 2.75) is 19.6 Å². The van der Waals surface area contributed by atoms with Gasteiger partial charge in [-0.2, -0.15) is 0 Å². The summed E-state index contributed by atoms with van der Waals surface area (Å²) < 4.78 is 141. The van der Waals surface area contributed by atoms with Crippen LogP contribution in [-0.4, -0.2) is 77.7 Å². The number of nitrogens with zero attached hydrogens (tertiary/aromatic N) is 4. The largest absolute Gasteiger partial charge is 1.00 e. The predicted octanol–water partition coefficient (Wildman–Crippen LogP) is -9.94. The van der Waals surface area contributed by atoms with Gasteiger partial charge in [0.15, 0.2) is 44.3 Å². The SMILES string of the molecule is O=S(=O)([O-])c1cc(S(=O)(=O)CCOSOO[O-])ccc1N=Nc1cc(N=Nc2ccc3cc(S(=O)(=O)CCOSOO[O-])ccc3c2S(=O)(=O)[O-])c(O)cc1O.[Na+].[Na+].[Na+].[Na+]. The van der Waals surface area contributed by atoms with Gasteiger partial charge in [-0.3, -0.25) is 18.4 Å². The molecule has 0 unspecified atom stereocenters. The molecule has 2 N–H and O–H groups in total. The van der Waals surface area contributed by atoms with Gasteiger partial charge in [-0.1, -0.05) is 12.1 Å². The van der Waals surface area contributed by atoms with Crippen molar-refractivity contribution in [2.75, 3.05) is 24.7 Å². The first-order chi connectivity index (χ1) is 26.3. The second-order valence-corrected chi connectivity index (χ2v) is 18.2. The van der Waals surface area contributed by atoms with Gasteiger partial charge in [-0.25, -0.2) is 33.7 Å². The molecule has 0 radical (unpaired) electrons. The molecule has 0 aliphatic heterocycles. The normalized spacial score (nSPS) is 12.1. The number of phenolic OH excluding ortho intramolecular Hbond substituents is 2. The average Bonchev–Trinajstić information content (AvgIpc) is 3.12. The standard InChI is InChI=1S/C26H24N4O20S6.4Na/c31-23-14-24(32)22(13-21(23)29-27-19-6-3-17(12-25(19)55(39,40)41)54(37,38)10-8-46-52-50-48-34)30-28-20-5-1-15-11-16(2-4-18(15)26(20)56(42,43)44)53(35,36)9-7-45-51-49-47-33;;;;/h1-6,11-14,31-34H,7-10H2,(H,39,40,41)(H,42,43,44);;;;/q;4*+1/p-4. The second kappa shape index (κ2) is 26.9. The number of sulfone groups is 2. The zero-order valence-corrected chi connectivity index (χ0v) is 44.0.